The summed E-state index contributed by atoms with van der Waals surface area (Å²) in [6, 6.07) is 0.0599. The first-order valence-electron chi connectivity index (χ1n) is 6.63. The van der Waals surface area contributed by atoms with Crippen molar-refractivity contribution in [3.8, 4) is 0 Å². The zero-order valence-corrected chi connectivity index (χ0v) is 10.7. The minimum atomic E-state index is 0.0599. The van der Waals surface area contributed by atoms with Gasteiger partial charge in [0.05, 0.1) is 19.3 Å². The van der Waals surface area contributed by atoms with Gasteiger partial charge in [0.2, 0.25) is 5.91 Å². The molecule has 2 rings (SSSR count). The van der Waals surface area contributed by atoms with E-state index < -0.39 is 0 Å². The molecule has 1 atom stereocenters. The number of nitrogens with zero attached hydrogens (tertiary/aromatic N) is 2. The lowest BCUT2D eigenvalue weighted by molar-refractivity contribution is -0.129. The monoisotopic (exact) mass is 241 g/mol. The summed E-state index contributed by atoms with van der Waals surface area (Å²) >= 11 is 0. The third kappa shape index (κ3) is 3.40. The number of nitrogens with one attached hydrogen (secondary N) is 1. The molecule has 1 N–H and O–H groups in total. The Kier molecular flexibility index (Phi) is 4.76. The molecule has 2 aliphatic rings. The summed E-state index contributed by atoms with van der Waals surface area (Å²) in [5.74, 6) is 0.278. The molecule has 1 unspecified atom stereocenters. The van der Waals surface area contributed by atoms with Crippen molar-refractivity contribution < 1.29 is 9.53 Å². The standard InChI is InChI=1S/C12H23N3O2/c1-2-13-11-3-4-15(12(11)16)6-5-14-7-9-17-10-8-14/h11,13H,2-10H2,1H3. The van der Waals surface area contributed by atoms with E-state index in [1.54, 1.807) is 0 Å². The maximum Gasteiger partial charge on any atom is 0.239 e. The molecule has 0 aromatic heterocycles. The molecule has 0 saturated carbocycles. The van der Waals surface area contributed by atoms with Crippen LogP contribution in [-0.2, 0) is 9.53 Å². The van der Waals surface area contributed by atoms with Crippen molar-refractivity contribution in [3.63, 3.8) is 0 Å². The Balaban J connectivity index is 1.70. The van der Waals surface area contributed by atoms with Crippen LogP contribution in [0.25, 0.3) is 0 Å². The summed E-state index contributed by atoms with van der Waals surface area (Å²) in [6.45, 7) is 9.31. The van der Waals surface area contributed by atoms with Gasteiger partial charge in [-0.1, -0.05) is 6.92 Å². The Hall–Kier alpha value is -0.650. The smallest absolute Gasteiger partial charge is 0.239 e. The van der Waals surface area contributed by atoms with E-state index in [0.29, 0.717) is 0 Å². The van der Waals surface area contributed by atoms with Crippen molar-refractivity contribution >= 4 is 5.91 Å². The number of likely N-dealkylation sites (N-methyl/N-ethyl adjacent to an activating group) is 1. The van der Waals surface area contributed by atoms with E-state index >= 15 is 0 Å². The van der Waals surface area contributed by atoms with Crippen LogP contribution >= 0.6 is 0 Å². The zero-order chi connectivity index (χ0) is 12.1. The third-order valence-corrected chi connectivity index (χ3v) is 3.54. The second-order valence-corrected chi connectivity index (χ2v) is 4.68. The predicted molar refractivity (Wildman–Crippen MR) is 65.9 cm³/mol. The molecule has 2 aliphatic heterocycles. The summed E-state index contributed by atoms with van der Waals surface area (Å²) in [5.41, 5.74) is 0. The first-order valence-corrected chi connectivity index (χ1v) is 6.63. The van der Waals surface area contributed by atoms with Crippen molar-refractivity contribution in [1.82, 2.24) is 15.1 Å². The van der Waals surface area contributed by atoms with E-state index in [9.17, 15) is 4.79 Å². The van der Waals surface area contributed by atoms with Gasteiger partial charge in [-0.3, -0.25) is 9.69 Å². The van der Waals surface area contributed by atoms with Gasteiger partial charge in [0, 0.05) is 32.7 Å². The number of hydrogen-bond donors (Lipinski definition) is 1. The SMILES string of the molecule is CCNC1CCN(CCN2CCOCC2)C1=O. The maximum absolute atomic E-state index is 12.0. The molecule has 0 spiro atoms. The molecule has 0 aromatic rings. The Morgan fingerprint density at radius 3 is 2.76 bits per heavy atom. The molecule has 98 valence electrons. The topological polar surface area (TPSA) is 44.8 Å². The molecule has 17 heavy (non-hydrogen) atoms. The maximum atomic E-state index is 12.0. The average Bonchev–Trinajstić information content (AvgIpc) is 2.70. The van der Waals surface area contributed by atoms with Crippen molar-refractivity contribution in [2.75, 3.05) is 52.5 Å². The highest BCUT2D eigenvalue weighted by Gasteiger charge is 2.30. The van der Waals surface area contributed by atoms with Gasteiger partial charge < -0.3 is 15.0 Å². The van der Waals surface area contributed by atoms with Gasteiger partial charge in [-0.25, -0.2) is 0 Å². The molecular formula is C12H23N3O2. The fraction of sp³-hybridized carbons (Fsp3) is 0.917. The number of rotatable bonds is 5. The molecule has 2 fully saturated rings. The normalized spacial score (nSPS) is 26.8. The number of amides is 1. The summed E-state index contributed by atoms with van der Waals surface area (Å²) in [6.07, 6.45) is 0.954. The Labute approximate surface area is 103 Å². The third-order valence-electron chi connectivity index (χ3n) is 3.54. The molecule has 2 heterocycles. The van der Waals surface area contributed by atoms with Gasteiger partial charge in [-0.05, 0) is 13.0 Å². The van der Waals surface area contributed by atoms with Crippen LogP contribution in [0.3, 0.4) is 0 Å². The second-order valence-electron chi connectivity index (χ2n) is 4.68. The van der Waals surface area contributed by atoms with E-state index in [2.05, 4.69) is 10.2 Å². The lowest BCUT2D eigenvalue weighted by Gasteiger charge is -2.28. The summed E-state index contributed by atoms with van der Waals surface area (Å²) in [4.78, 5) is 16.3. The number of likely N-dealkylation sites (tertiary alicyclic amines) is 1. The van der Waals surface area contributed by atoms with Crippen LogP contribution < -0.4 is 5.32 Å². The fourth-order valence-electron chi connectivity index (χ4n) is 2.48. The lowest BCUT2D eigenvalue weighted by Crippen LogP contribution is -2.44. The molecule has 0 bridgehead atoms. The minimum absolute atomic E-state index is 0.0599. The van der Waals surface area contributed by atoms with E-state index in [4.69, 9.17) is 4.74 Å². The predicted octanol–water partition coefficient (Wildman–Crippen LogP) is -0.471. The summed E-state index contributed by atoms with van der Waals surface area (Å²) in [5, 5.41) is 3.24. The van der Waals surface area contributed by atoms with E-state index in [1.165, 1.54) is 0 Å². The number of carbonyl (C=O) groups is 1. The lowest BCUT2D eigenvalue weighted by atomic mass is 10.2. The van der Waals surface area contributed by atoms with Gasteiger partial charge >= 0.3 is 0 Å². The summed E-state index contributed by atoms with van der Waals surface area (Å²) in [7, 11) is 0. The van der Waals surface area contributed by atoms with Crippen LogP contribution in [-0.4, -0.2) is 74.2 Å². The molecule has 0 radical (unpaired) electrons. The van der Waals surface area contributed by atoms with Gasteiger partial charge in [-0.2, -0.15) is 0 Å². The van der Waals surface area contributed by atoms with Gasteiger partial charge in [0.25, 0.3) is 0 Å². The van der Waals surface area contributed by atoms with E-state index in [0.717, 1.165) is 58.9 Å². The number of hydrogen-bond acceptors (Lipinski definition) is 4. The second kappa shape index (κ2) is 6.33. The quantitative estimate of drug-likeness (QED) is 0.707. The van der Waals surface area contributed by atoms with Crippen molar-refractivity contribution in [3.05, 3.63) is 0 Å². The van der Waals surface area contributed by atoms with Crippen LogP contribution in [0.1, 0.15) is 13.3 Å². The highest BCUT2D eigenvalue weighted by Crippen LogP contribution is 2.11. The van der Waals surface area contributed by atoms with Gasteiger partial charge in [0.15, 0.2) is 0 Å². The first kappa shape index (κ1) is 12.8. The fourth-order valence-corrected chi connectivity index (χ4v) is 2.48. The van der Waals surface area contributed by atoms with E-state index in [1.807, 2.05) is 11.8 Å². The van der Waals surface area contributed by atoms with Crippen LogP contribution in [0.15, 0.2) is 0 Å². The molecule has 0 aliphatic carbocycles. The molecule has 0 aromatic carbocycles. The number of morpholine rings is 1. The number of ether oxygens (including phenoxy) is 1. The molecule has 1 amide bonds. The van der Waals surface area contributed by atoms with E-state index in [-0.39, 0.29) is 11.9 Å². The van der Waals surface area contributed by atoms with Crippen molar-refractivity contribution in [1.29, 1.82) is 0 Å². The summed E-state index contributed by atoms with van der Waals surface area (Å²) < 4.78 is 5.31. The highest BCUT2D eigenvalue weighted by atomic mass is 16.5. The minimum Gasteiger partial charge on any atom is -0.379 e. The Morgan fingerprint density at radius 2 is 2.06 bits per heavy atom. The Bertz CT molecular complexity index is 254. The van der Waals surface area contributed by atoms with Crippen molar-refractivity contribution in [2.45, 2.75) is 19.4 Å². The molecule has 5 nitrogen and oxygen atoms in total. The van der Waals surface area contributed by atoms with Crippen LogP contribution in [0.4, 0.5) is 0 Å². The highest BCUT2D eigenvalue weighted by molar-refractivity contribution is 5.83. The molecular weight excluding hydrogens is 218 g/mol. The number of carbonyl (C=O) groups excluding carboxylic acids is 1. The first-order chi connectivity index (χ1) is 8.31. The molecule has 5 heteroatoms. The average molecular weight is 241 g/mol. The van der Waals surface area contributed by atoms with Crippen LogP contribution in [0, 0.1) is 0 Å². The largest absolute Gasteiger partial charge is 0.379 e. The van der Waals surface area contributed by atoms with Crippen molar-refractivity contribution in [2.24, 2.45) is 0 Å². The molecule has 2 saturated heterocycles. The Morgan fingerprint density at radius 1 is 1.29 bits per heavy atom. The van der Waals surface area contributed by atoms with Crippen LogP contribution in [0.5, 0.6) is 0 Å². The van der Waals surface area contributed by atoms with Crippen LogP contribution in [0.2, 0.25) is 0 Å². The van der Waals surface area contributed by atoms with Gasteiger partial charge in [0.1, 0.15) is 0 Å². The van der Waals surface area contributed by atoms with Gasteiger partial charge in [-0.15, -0.1) is 0 Å². The zero-order valence-electron chi connectivity index (χ0n) is 10.7.